The van der Waals surface area contributed by atoms with Crippen molar-refractivity contribution in [3.63, 3.8) is 0 Å². The van der Waals surface area contributed by atoms with Gasteiger partial charge in [0.25, 0.3) is 0 Å². The zero-order valence-electron chi connectivity index (χ0n) is 10.1. The van der Waals surface area contributed by atoms with E-state index in [0.717, 1.165) is 18.1 Å². The van der Waals surface area contributed by atoms with Gasteiger partial charge in [-0.05, 0) is 36.1 Å². The molecule has 97 valence electrons. The van der Waals surface area contributed by atoms with E-state index in [1.807, 2.05) is 19.4 Å². The molecule has 1 N–H and O–H groups in total. The van der Waals surface area contributed by atoms with Gasteiger partial charge in [0.05, 0.1) is 5.56 Å². The highest BCUT2D eigenvalue weighted by Gasteiger charge is 2.30. The Kier molecular flexibility index (Phi) is 3.76. The quantitative estimate of drug-likeness (QED) is 0.849. The van der Waals surface area contributed by atoms with E-state index in [1.165, 1.54) is 12.1 Å². The molecule has 0 aliphatic carbocycles. The van der Waals surface area contributed by atoms with E-state index in [2.05, 4.69) is 5.32 Å². The van der Waals surface area contributed by atoms with Gasteiger partial charge < -0.3 is 5.32 Å². The second-order valence-electron chi connectivity index (χ2n) is 4.36. The number of hydrogen-bond acceptors (Lipinski definition) is 1. The third kappa shape index (κ3) is 2.93. The lowest BCUT2D eigenvalue weighted by molar-refractivity contribution is -0.137. The van der Waals surface area contributed by atoms with Crippen LogP contribution < -0.4 is 5.32 Å². The first-order chi connectivity index (χ1) is 8.50. The zero-order chi connectivity index (χ0) is 13.2. The lowest BCUT2D eigenvalue weighted by Gasteiger charge is -2.23. The minimum Gasteiger partial charge on any atom is -0.310 e. The van der Waals surface area contributed by atoms with E-state index in [0.29, 0.717) is 12.1 Å². The summed E-state index contributed by atoms with van der Waals surface area (Å²) in [5.74, 6) is 0. The van der Waals surface area contributed by atoms with Gasteiger partial charge in [0.1, 0.15) is 0 Å². The summed E-state index contributed by atoms with van der Waals surface area (Å²) < 4.78 is 37.9. The molecule has 0 aromatic heterocycles. The molecule has 0 saturated heterocycles. The van der Waals surface area contributed by atoms with Crippen LogP contribution in [0, 0.1) is 6.42 Å². The first-order valence-electron chi connectivity index (χ1n) is 5.90. The largest absolute Gasteiger partial charge is 0.416 e. The molecule has 18 heavy (non-hydrogen) atoms. The molecule has 1 aliphatic rings. The molecule has 1 heterocycles. The van der Waals surface area contributed by atoms with Crippen molar-refractivity contribution in [3.8, 4) is 0 Å². The number of hydrogen-bond donors (Lipinski definition) is 1. The van der Waals surface area contributed by atoms with Crippen LogP contribution in [0.4, 0.5) is 13.2 Å². The van der Waals surface area contributed by atoms with Gasteiger partial charge in [0, 0.05) is 12.6 Å². The highest BCUT2D eigenvalue weighted by atomic mass is 19.4. The van der Waals surface area contributed by atoms with Crippen LogP contribution >= 0.6 is 0 Å². The molecular formula is C14H15F3N. The molecule has 0 amide bonds. The topological polar surface area (TPSA) is 12.0 Å². The van der Waals surface area contributed by atoms with Crippen molar-refractivity contribution >= 4 is 5.57 Å². The predicted octanol–water partition coefficient (Wildman–Crippen LogP) is 3.67. The Hall–Kier alpha value is -1.29. The van der Waals surface area contributed by atoms with Gasteiger partial charge in [-0.1, -0.05) is 25.1 Å². The fourth-order valence-corrected chi connectivity index (χ4v) is 2.09. The summed E-state index contributed by atoms with van der Waals surface area (Å²) in [4.78, 5) is 0. The van der Waals surface area contributed by atoms with E-state index in [-0.39, 0.29) is 6.04 Å². The van der Waals surface area contributed by atoms with E-state index in [4.69, 9.17) is 0 Å². The third-order valence-corrected chi connectivity index (χ3v) is 3.13. The summed E-state index contributed by atoms with van der Waals surface area (Å²) in [7, 11) is 0. The van der Waals surface area contributed by atoms with Crippen LogP contribution in [0.5, 0.6) is 0 Å². The predicted molar refractivity (Wildman–Crippen MR) is 65.8 cm³/mol. The number of halogens is 3. The third-order valence-electron chi connectivity index (χ3n) is 3.13. The Morgan fingerprint density at radius 1 is 1.33 bits per heavy atom. The molecule has 0 spiro atoms. The van der Waals surface area contributed by atoms with Gasteiger partial charge in [0.2, 0.25) is 0 Å². The minimum absolute atomic E-state index is 0.236. The molecule has 1 aromatic rings. The molecular weight excluding hydrogens is 239 g/mol. The van der Waals surface area contributed by atoms with Crippen LogP contribution in [0.3, 0.4) is 0 Å². The van der Waals surface area contributed by atoms with Crippen molar-refractivity contribution in [1.82, 2.24) is 5.32 Å². The molecule has 0 bridgehead atoms. The normalized spacial score (nSPS) is 20.7. The van der Waals surface area contributed by atoms with Gasteiger partial charge in [-0.2, -0.15) is 13.2 Å². The second kappa shape index (κ2) is 5.14. The van der Waals surface area contributed by atoms with Crippen LogP contribution in [-0.2, 0) is 6.18 Å². The molecule has 1 unspecified atom stereocenters. The molecule has 0 fully saturated rings. The highest BCUT2D eigenvalue weighted by Crippen LogP contribution is 2.32. The van der Waals surface area contributed by atoms with Crippen LogP contribution in [-0.4, -0.2) is 12.6 Å². The molecule has 1 aromatic carbocycles. The smallest absolute Gasteiger partial charge is 0.310 e. The van der Waals surface area contributed by atoms with Crippen molar-refractivity contribution in [2.75, 3.05) is 6.54 Å². The fraction of sp³-hybridized carbons (Fsp3) is 0.357. The van der Waals surface area contributed by atoms with Gasteiger partial charge in [-0.3, -0.25) is 0 Å². The number of rotatable bonds is 2. The first kappa shape index (κ1) is 13.1. The lowest BCUT2D eigenvalue weighted by atomic mass is 9.93. The van der Waals surface area contributed by atoms with E-state index in [9.17, 15) is 13.2 Å². The van der Waals surface area contributed by atoms with Crippen molar-refractivity contribution in [1.29, 1.82) is 0 Å². The van der Waals surface area contributed by atoms with Gasteiger partial charge >= 0.3 is 6.18 Å². The fourth-order valence-electron chi connectivity index (χ4n) is 2.09. The SMILES string of the molecule is C[CH]C1CC(c2cccc(C(F)(F)F)c2)=CCN1. The van der Waals surface area contributed by atoms with Gasteiger partial charge in [-0.15, -0.1) is 0 Å². The maximum Gasteiger partial charge on any atom is 0.416 e. The Morgan fingerprint density at radius 3 is 2.78 bits per heavy atom. The average molecular weight is 254 g/mol. The van der Waals surface area contributed by atoms with Crippen LogP contribution in [0.15, 0.2) is 30.3 Å². The van der Waals surface area contributed by atoms with Crippen LogP contribution in [0.2, 0.25) is 0 Å². The van der Waals surface area contributed by atoms with Crippen molar-refractivity contribution < 1.29 is 13.2 Å². The number of nitrogens with one attached hydrogen (secondary N) is 1. The van der Waals surface area contributed by atoms with Crippen LogP contribution in [0.25, 0.3) is 5.57 Å². The molecule has 2 rings (SSSR count). The van der Waals surface area contributed by atoms with Crippen molar-refractivity contribution in [2.24, 2.45) is 0 Å². The average Bonchev–Trinajstić information content (AvgIpc) is 2.38. The maximum absolute atomic E-state index is 12.6. The molecule has 0 saturated carbocycles. The Labute approximate surface area is 105 Å². The summed E-state index contributed by atoms with van der Waals surface area (Å²) in [6, 6.07) is 5.77. The minimum atomic E-state index is -4.28. The van der Waals surface area contributed by atoms with E-state index >= 15 is 0 Å². The van der Waals surface area contributed by atoms with Crippen LogP contribution in [0.1, 0.15) is 24.5 Å². The molecule has 1 aliphatic heterocycles. The van der Waals surface area contributed by atoms with Gasteiger partial charge in [-0.25, -0.2) is 0 Å². The molecule has 1 radical (unpaired) electrons. The second-order valence-corrected chi connectivity index (χ2v) is 4.36. The summed E-state index contributed by atoms with van der Waals surface area (Å²) in [6.45, 7) is 2.65. The van der Waals surface area contributed by atoms with Crippen molar-refractivity contribution in [3.05, 3.63) is 47.9 Å². The van der Waals surface area contributed by atoms with Crippen molar-refractivity contribution in [2.45, 2.75) is 25.6 Å². The molecule has 1 nitrogen and oxygen atoms in total. The summed E-state index contributed by atoms with van der Waals surface area (Å²) in [6.07, 6.45) is 0.438. The van der Waals surface area contributed by atoms with E-state index in [1.54, 1.807) is 6.07 Å². The zero-order valence-corrected chi connectivity index (χ0v) is 10.1. The van der Waals surface area contributed by atoms with Gasteiger partial charge in [0.15, 0.2) is 0 Å². The monoisotopic (exact) mass is 254 g/mol. The number of alkyl halides is 3. The standard InChI is InChI=1S/C14H15F3N/c1-2-13-9-11(6-7-18-13)10-4-3-5-12(8-10)14(15,16)17/h2-6,8,13,18H,7,9H2,1H3. The molecule has 1 atom stereocenters. The Balaban J connectivity index is 2.26. The Morgan fingerprint density at radius 2 is 2.11 bits per heavy atom. The highest BCUT2D eigenvalue weighted by molar-refractivity contribution is 5.67. The summed E-state index contributed by atoms with van der Waals surface area (Å²) in [5.41, 5.74) is 1.05. The Bertz CT molecular complexity index is 449. The van der Waals surface area contributed by atoms with E-state index < -0.39 is 11.7 Å². The molecule has 4 heteroatoms. The lowest BCUT2D eigenvalue weighted by Crippen LogP contribution is -2.32. The number of benzene rings is 1. The maximum atomic E-state index is 12.6. The summed E-state index contributed by atoms with van der Waals surface area (Å²) in [5, 5.41) is 3.26. The summed E-state index contributed by atoms with van der Waals surface area (Å²) >= 11 is 0. The first-order valence-corrected chi connectivity index (χ1v) is 5.90.